The summed E-state index contributed by atoms with van der Waals surface area (Å²) in [5, 5.41) is 8.77. The largest absolute Gasteiger partial charge is 0.396 e. The average molecular weight is 288 g/mol. The van der Waals surface area contributed by atoms with Crippen molar-refractivity contribution in [2.45, 2.75) is 6.42 Å². The summed E-state index contributed by atoms with van der Waals surface area (Å²) in [4.78, 5) is 7.45. The zero-order chi connectivity index (χ0) is 9.26. The van der Waals surface area contributed by atoms with Gasteiger partial charge in [-0.15, -0.1) is 0 Å². The van der Waals surface area contributed by atoms with Gasteiger partial charge in [-0.1, -0.05) is 6.07 Å². The van der Waals surface area contributed by atoms with E-state index in [9.17, 15) is 0 Å². The molecule has 0 spiro atoms. The average Bonchev–Trinajstić information content (AvgIpc) is 2.44. The molecule has 0 saturated carbocycles. The minimum absolute atomic E-state index is 0.188. The lowest BCUT2D eigenvalue weighted by Crippen LogP contribution is -1.89. The van der Waals surface area contributed by atoms with Crippen molar-refractivity contribution < 1.29 is 5.11 Å². The lowest BCUT2D eigenvalue weighted by molar-refractivity contribution is 0.299. The standard InChI is InChI=1S/C9H9IN2O/c10-9-11-7-2-1-6(3-4-13)5-8(7)12-9/h1-2,5,13H,3-4H2,(H,11,12). The van der Waals surface area contributed by atoms with Crippen LogP contribution in [0.1, 0.15) is 5.56 Å². The summed E-state index contributed by atoms with van der Waals surface area (Å²) < 4.78 is 0.897. The Morgan fingerprint density at radius 2 is 2.31 bits per heavy atom. The van der Waals surface area contributed by atoms with E-state index in [1.54, 1.807) is 0 Å². The van der Waals surface area contributed by atoms with Crippen molar-refractivity contribution in [2.24, 2.45) is 0 Å². The Kier molecular flexibility index (Phi) is 2.50. The van der Waals surface area contributed by atoms with E-state index in [1.807, 2.05) is 18.2 Å². The predicted octanol–water partition coefficient (Wildman–Crippen LogP) is 1.70. The first kappa shape index (κ1) is 8.96. The van der Waals surface area contributed by atoms with Crippen molar-refractivity contribution in [1.29, 1.82) is 0 Å². The fourth-order valence-electron chi connectivity index (χ4n) is 1.30. The summed E-state index contributed by atoms with van der Waals surface area (Å²) in [5.74, 6) is 0. The lowest BCUT2D eigenvalue weighted by atomic mass is 10.1. The zero-order valence-corrected chi connectivity index (χ0v) is 9.08. The Bertz CT molecular complexity index is 424. The number of hydrogen-bond donors (Lipinski definition) is 2. The van der Waals surface area contributed by atoms with E-state index in [1.165, 1.54) is 0 Å². The number of halogens is 1. The molecule has 2 N–H and O–H groups in total. The predicted molar refractivity (Wildman–Crippen MR) is 59.6 cm³/mol. The smallest absolute Gasteiger partial charge is 0.169 e. The number of imidazole rings is 1. The van der Waals surface area contributed by atoms with E-state index in [2.05, 4.69) is 32.6 Å². The van der Waals surface area contributed by atoms with E-state index in [-0.39, 0.29) is 6.61 Å². The van der Waals surface area contributed by atoms with Crippen LogP contribution in [0.2, 0.25) is 0 Å². The molecule has 1 heterocycles. The maximum absolute atomic E-state index is 8.77. The van der Waals surface area contributed by atoms with Crippen molar-refractivity contribution in [2.75, 3.05) is 6.61 Å². The molecule has 0 saturated heterocycles. The second-order valence-electron chi connectivity index (χ2n) is 2.85. The normalized spacial score (nSPS) is 10.9. The minimum Gasteiger partial charge on any atom is -0.396 e. The van der Waals surface area contributed by atoms with E-state index < -0.39 is 0 Å². The van der Waals surface area contributed by atoms with E-state index in [0.29, 0.717) is 6.42 Å². The molecule has 0 aliphatic heterocycles. The molecule has 0 amide bonds. The number of aromatic amines is 1. The highest BCUT2D eigenvalue weighted by atomic mass is 127. The zero-order valence-electron chi connectivity index (χ0n) is 6.92. The van der Waals surface area contributed by atoms with Crippen LogP contribution in [0, 0.1) is 3.83 Å². The monoisotopic (exact) mass is 288 g/mol. The third-order valence-corrected chi connectivity index (χ3v) is 2.43. The van der Waals surface area contributed by atoms with Gasteiger partial charge in [0.1, 0.15) is 0 Å². The number of nitrogens with one attached hydrogen (secondary N) is 1. The molecule has 0 unspecified atom stereocenters. The van der Waals surface area contributed by atoms with Gasteiger partial charge in [-0.3, -0.25) is 0 Å². The van der Waals surface area contributed by atoms with Crippen LogP contribution in [0.25, 0.3) is 11.0 Å². The number of fused-ring (bicyclic) bond motifs is 1. The molecule has 0 atom stereocenters. The number of hydrogen-bond acceptors (Lipinski definition) is 2. The molecule has 4 heteroatoms. The number of rotatable bonds is 2. The molecule has 0 radical (unpaired) electrons. The highest BCUT2D eigenvalue weighted by molar-refractivity contribution is 14.1. The first-order valence-electron chi connectivity index (χ1n) is 4.04. The van der Waals surface area contributed by atoms with Crippen LogP contribution < -0.4 is 0 Å². The number of nitrogens with zero attached hydrogens (tertiary/aromatic N) is 1. The Balaban J connectivity index is 2.48. The van der Waals surface area contributed by atoms with Crippen LogP contribution in [0.5, 0.6) is 0 Å². The molecule has 0 fully saturated rings. The van der Waals surface area contributed by atoms with E-state index in [0.717, 1.165) is 20.4 Å². The Hall–Kier alpha value is -0.620. The van der Waals surface area contributed by atoms with Crippen LogP contribution in [0.3, 0.4) is 0 Å². The van der Waals surface area contributed by atoms with Crippen LogP contribution in [-0.4, -0.2) is 21.7 Å². The van der Waals surface area contributed by atoms with Gasteiger partial charge >= 0.3 is 0 Å². The number of benzene rings is 1. The molecule has 68 valence electrons. The molecule has 0 aliphatic rings. The molecule has 3 nitrogen and oxygen atoms in total. The van der Waals surface area contributed by atoms with Crippen molar-refractivity contribution in [3.8, 4) is 0 Å². The van der Waals surface area contributed by atoms with Crippen molar-refractivity contribution in [3.05, 3.63) is 27.6 Å². The van der Waals surface area contributed by atoms with Crippen molar-refractivity contribution in [3.63, 3.8) is 0 Å². The summed E-state index contributed by atoms with van der Waals surface area (Å²) in [6.45, 7) is 0.188. The quantitative estimate of drug-likeness (QED) is 0.826. The van der Waals surface area contributed by atoms with Crippen LogP contribution in [0.4, 0.5) is 0 Å². The molecular weight excluding hydrogens is 279 g/mol. The maximum atomic E-state index is 8.77. The molecule has 0 aliphatic carbocycles. The summed E-state index contributed by atoms with van der Waals surface area (Å²) in [7, 11) is 0. The highest BCUT2D eigenvalue weighted by Crippen LogP contribution is 2.14. The maximum Gasteiger partial charge on any atom is 0.169 e. The Labute approximate surface area is 89.3 Å². The van der Waals surface area contributed by atoms with Gasteiger partial charge in [0, 0.05) is 6.61 Å². The summed E-state index contributed by atoms with van der Waals surface area (Å²) in [5.41, 5.74) is 3.14. The first-order chi connectivity index (χ1) is 6.29. The van der Waals surface area contributed by atoms with Crippen molar-refractivity contribution in [1.82, 2.24) is 9.97 Å². The summed E-state index contributed by atoms with van der Waals surface area (Å²) >= 11 is 2.15. The summed E-state index contributed by atoms with van der Waals surface area (Å²) in [6, 6.07) is 6.01. The highest BCUT2D eigenvalue weighted by Gasteiger charge is 2.00. The molecule has 0 bridgehead atoms. The van der Waals surface area contributed by atoms with Crippen molar-refractivity contribution >= 4 is 33.6 Å². The Morgan fingerprint density at radius 1 is 1.46 bits per heavy atom. The van der Waals surface area contributed by atoms with Gasteiger partial charge in [0.05, 0.1) is 11.0 Å². The number of aliphatic hydroxyl groups excluding tert-OH is 1. The fraction of sp³-hybridized carbons (Fsp3) is 0.222. The third-order valence-electron chi connectivity index (χ3n) is 1.92. The summed E-state index contributed by atoms with van der Waals surface area (Å²) in [6.07, 6.45) is 0.694. The van der Waals surface area contributed by atoms with Gasteiger partial charge in [-0.25, -0.2) is 4.98 Å². The van der Waals surface area contributed by atoms with Gasteiger partial charge < -0.3 is 10.1 Å². The fourth-order valence-corrected chi connectivity index (χ4v) is 1.86. The minimum atomic E-state index is 0.188. The lowest BCUT2D eigenvalue weighted by Gasteiger charge is -1.96. The van der Waals surface area contributed by atoms with Crippen LogP contribution >= 0.6 is 22.6 Å². The molecule has 2 rings (SSSR count). The van der Waals surface area contributed by atoms with Gasteiger partial charge in [0.2, 0.25) is 0 Å². The van der Waals surface area contributed by atoms with Crippen LogP contribution in [-0.2, 0) is 6.42 Å². The molecule has 13 heavy (non-hydrogen) atoms. The second kappa shape index (κ2) is 3.63. The van der Waals surface area contributed by atoms with E-state index in [4.69, 9.17) is 5.11 Å². The SMILES string of the molecule is OCCc1ccc2[nH]c(I)nc2c1. The third kappa shape index (κ3) is 1.83. The van der Waals surface area contributed by atoms with E-state index >= 15 is 0 Å². The number of H-pyrrole nitrogens is 1. The molecular formula is C9H9IN2O. The first-order valence-corrected chi connectivity index (χ1v) is 5.12. The van der Waals surface area contributed by atoms with Crippen LogP contribution in [0.15, 0.2) is 18.2 Å². The number of aromatic nitrogens is 2. The van der Waals surface area contributed by atoms with Gasteiger partial charge in [0.15, 0.2) is 3.83 Å². The topological polar surface area (TPSA) is 48.9 Å². The van der Waals surface area contributed by atoms with Gasteiger partial charge in [-0.05, 0) is 46.7 Å². The van der Waals surface area contributed by atoms with Gasteiger partial charge in [-0.2, -0.15) is 0 Å². The molecule has 2 aromatic rings. The number of aliphatic hydroxyl groups is 1. The molecule has 1 aromatic heterocycles. The van der Waals surface area contributed by atoms with Gasteiger partial charge in [0.25, 0.3) is 0 Å². The Morgan fingerprint density at radius 3 is 3.08 bits per heavy atom. The molecule has 1 aromatic carbocycles. The second-order valence-corrected chi connectivity index (χ2v) is 3.87.